The van der Waals surface area contributed by atoms with Gasteiger partial charge in [-0.05, 0) is 19.9 Å². The molecule has 0 saturated carbocycles. The lowest BCUT2D eigenvalue weighted by Crippen LogP contribution is -2.54. The molecule has 1 aromatic carbocycles. The number of nitrogens with one attached hydrogen (secondary N) is 1. The molecule has 0 unspecified atom stereocenters. The normalized spacial score (nSPS) is 20.6. The molecule has 2 heterocycles. The first-order valence-corrected chi connectivity index (χ1v) is 8.41. The second-order valence-electron chi connectivity index (χ2n) is 5.95. The minimum atomic E-state index is -3.16. The zero-order valence-electron chi connectivity index (χ0n) is 12.0. The zero-order chi connectivity index (χ0) is 15.3. The third-order valence-corrected chi connectivity index (χ3v) is 6.57. The summed E-state index contributed by atoms with van der Waals surface area (Å²) in [6.07, 6.45) is 1.66. The Bertz CT molecular complexity index is 808. The number of carbonyl (C=O) groups is 1. The zero-order valence-corrected chi connectivity index (χ0v) is 12.8. The topological polar surface area (TPSA) is 83.1 Å². The molecule has 7 heteroatoms. The Hall–Kier alpha value is -1.89. The van der Waals surface area contributed by atoms with E-state index in [9.17, 15) is 13.2 Å². The Morgan fingerprint density at radius 1 is 1.38 bits per heavy atom. The van der Waals surface area contributed by atoms with Crippen molar-refractivity contribution in [3.05, 3.63) is 30.0 Å². The SMILES string of the molecule is CC1(C)CN(C(=O)c2cccc3cn[nH]c23)CCS1(=O)=O. The van der Waals surface area contributed by atoms with Crippen LogP contribution in [0.4, 0.5) is 0 Å². The summed E-state index contributed by atoms with van der Waals surface area (Å²) >= 11 is 0. The van der Waals surface area contributed by atoms with Crippen LogP contribution < -0.4 is 0 Å². The molecule has 1 saturated heterocycles. The summed E-state index contributed by atoms with van der Waals surface area (Å²) in [5, 5.41) is 7.64. The standard InChI is InChI=1S/C14H17N3O3S/c1-14(2)9-17(6-7-21(14,19)20)13(18)11-5-3-4-10-8-15-16-12(10)11/h3-5,8H,6-7,9H2,1-2H3,(H,15,16). The molecule has 3 rings (SSSR count). The van der Waals surface area contributed by atoms with E-state index in [2.05, 4.69) is 10.2 Å². The number of fused-ring (bicyclic) bond motifs is 1. The van der Waals surface area contributed by atoms with Gasteiger partial charge >= 0.3 is 0 Å². The maximum absolute atomic E-state index is 12.7. The van der Waals surface area contributed by atoms with Crippen molar-refractivity contribution in [2.45, 2.75) is 18.6 Å². The number of sulfone groups is 1. The predicted molar refractivity (Wildman–Crippen MR) is 79.9 cm³/mol. The highest BCUT2D eigenvalue weighted by atomic mass is 32.2. The van der Waals surface area contributed by atoms with Gasteiger partial charge in [-0.25, -0.2) is 8.42 Å². The minimum Gasteiger partial charge on any atom is -0.336 e. The third kappa shape index (κ3) is 2.21. The largest absolute Gasteiger partial charge is 0.336 e. The lowest BCUT2D eigenvalue weighted by molar-refractivity contribution is 0.0745. The quantitative estimate of drug-likeness (QED) is 0.858. The molecule has 112 valence electrons. The summed E-state index contributed by atoms with van der Waals surface area (Å²) < 4.78 is 23.1. The van der Waals surface area contributed by atoms with E-state index in [-0.39, 0.29) is 24.7 Å². The van der Waals surface area contributed by atoms with Gasteiger partial charge in [0.15, 0.2) is 9.84 Å². The monoisotopic (exact) mass is 307 g/mol. The van der Waals surface area contributed by atoms with Gasteiger partial charge in [-0.2, -0.15) is 5.10 Å². The summed E-state index contributed by atoms with van der Waals surface area (Å²) in [4.78, 5) is 14.3. The first-order valence-electron chi connectivity index (χ1n) is 6.75. The fourth-order valence-corrected chi connectivity index (χ4v) is 4.00. The molecule has 0 atom stereocenters. The maximum atomic E-state index is 12.7. The molecule has 1 fully saturated rings. The number of hydrogen-bond acceptors (Lipinski definition) is 4. The number of carbonyl (C=O) groups excluding carboxylic acids is 1. The third-order valence-electron chi connectivity index (χ3n) is 4.04. The van der Waals surface area contributed by atoms with Crippen LogP contribution in [0.5, 0.6) is 0 Å². The number of para-hydroxylation sites is 1. The Morgan fingerprint density at radius 2 is 2.14 bits per heavy atom. The van der Waals surface area contributed by atoms with E-state index in [0.717, 1.165) is 5.39 Å². The molecule has 1 aromatic heterocycles. The van der Waals surface area contributed by atoms with Crippen molar-refractivity contribution < 1.29 is 13.2 Å². The van der Waals surface area contributed by atoms with Crippen LogP contribution in [-0.2, 0) is 9.84 Å². The van der Waals surface area contributed by atoms with Crippen LogP contribution >= 0.6 is 0 Å². The van der Waals surface area contributed by atoms with E-state index in [1.807, 2.05) is 6.07 Å². The second kappa shape index (κ2) is 4.56. The predicted octanol–water partition coefficient (Wildman–Crippen LogP) is 1.21. The van der Waals surface area contributed by atoms with Crippen LogP contribution in [0.15, 0.2) is 24.4 Å². The lowest BCUT2D eigenvalue weighted by atomic mass is 10.1. The minimum absolute atomic E-state index is 0.00466. The summed E-state index contributed by atoms with van der Waals surface area (Å²) in [6.45, 7) is 3.77. The molecule has 2 aromatic rings. The molecule has 1 amide bonds. The first-order chi connectivity index (χ1) is 9.82. The van der Waals surface area contributed by atoms with Crippen LogP contribution in [0.25, 0.3) is 10.9 Å². The Kier molecular flexibility index (Phi) is 3.05. The fourth-order valence-electron chi connectivity index (χ4n) is 2.63. The number of benzene rings is 1. The molecule has 0 bridgehead atoms. The first kappa shape index (κ1) is 14.1. The number of hydrogen-bond donors (Lipinski definition) is 1. The van der Waals surface area contributed by atoms with Crippen molar-refractivity contribution in [2.75, 3.05) is 18.8 Å². The van der Waals surface area contributed by atoms with E-state index in [1.165, 1.54) is 0 Å². The Balaban J connectivity index is 1.95. The number of aromatic nitrogens is 2. The average Bonchev–Trinajstić information content (AvgIpc) is 2.89. The number of aromatic amines is 1. The highest BCUT2D eigenvalue weighted by Crippen LogP contribution is 2.26. The molecule has 0 spiro atoms. The fraction of sp³-hybridized carbons (Fsp3) is 0.429. The lowest BCUT2D eigenvalue weighted by Gasteiger charge is -2.37. The maximum Gasteiger partial charge on any atom is 0.256 e. The molecule has 1 aliphatic heterocycles. The molecule has 1 aliphatic rings. The highest BCUT2D eigenvalue weighted by Gasteiger charge is 2.41. The van der Waals surface area contributed by atoms with E-state index >= 15 is 0 Å². The Labute approximate surface area is 123 Å². The molecule has 1 N–H and O–H groups in total. The molecular formula is C14H17N3O3S. The van der Waals surface area contributed by atoms with Crippen LogP contribution in [0.3, 0.4) is 0 Å². The van der Waals surface area contributed by atoms with Crippen molar-refractivity contribution in [1.82, 2.24) is 15.1 Å². The molecular weight excluding hydrogens is 290 g/mol. The van der Waals surface area contributed by atoms with Gasteiger partial charge < -0.3 is 4.90 Å². The van der Waals surface area contributed by atoms with Gasteiger partial charge in [-0.15, -0.1) is 0 Å². The number of nitrogens with zero attached hydrogens (tertiary/aromatic N) is 2. The van der Waals surface area contributed by atoms with E-state index in [0.29, 0.717) is 11.1 Å². The Morgan fingerprint density at radius 3 is 2.86 bits per heavy atom. The van der Waals surface area contributed by atoms with Gasteiger partial charge in [0.1, 0.15) is 0 Å². The number of rotatable bonds is 1. The van der Waals surface area contributed by atoms with Crippen LogP contribution in [-0.4, -0.2) is 53.0 Å². The summed E-state index contributed by atoms with van der Waals surface area (Å²) in [6, 6.07) is 5.41. The van der Waals surface area contributed by atoms with Gasteiger partial charge in [-0.1, -0.05) is 12.1 Å². The van der Waals surface area contributed by atoms with Crippen molar-refractivity contribution >= 4 is 26.6 Å². The van der Waals surface area contributed by atoms with Crippen LogP contribution in [0, 0.1) is 0 Å². The van der Waals surface area contributed by atoms with E-state index in [1.54, 1.807) is 37.1 Å². The van der Waals surface area contributed by atoms with E-state index in [4.69, 9.17) is 0 Å². The number of H-pyrrole nitrogens is 1. The molecule has 0 radical (unpaired) electrons. The number of amides is 1. The summed E-state index contributed by atoms with van der Waals surface area (Å²) in [5.41, 5.74) is 1.22. The van der Waals surface area contributed by atoms with Gasteiger partial charge in [0.25, 0.3) is 5.91 Å². The van der Waals surface area contributed by atoms with Crippen LogP contribution in [0.1, 0.15) is 24.2 Å². The van der Waals surface area contributed by atoms with Crippen molar-refractivity contribution in [3.63, 3.8) is 0 Å². The molecule has 21 heavy (non-hydrogen) atoms. The van der Waals surface area contributed by atoms with Gasteiger partial charge in [-0.3, -0.25) is 9.89 Å². The second-order valence-corrected chi connectivity index (χ2v) is 8.69. The molecule has 0 aliphatic carbocycles. The average molecular weight is 307 g/mol. The van der Waals surface area contributed by atoms with Crippen molar-refractivity contribution in [3.8, 4) is 0 Å². The van der Waals surface area contributed by atoms with Crippen LogP contribution in [0.2, 0.25) is 0 Å². The summed E-state index contributed by atoms with van der Waals surface area (Å²) in [7, 11) is -3.16. The van der Waals surface area contributed by atoms with Gasteiger partial charge in [0.2, 0.25) is 0 Å². The smallest absolute Gasteiger partial charge is 0.256 e. The van der Waals surface area contributed by atoms with Crippen molar-refractivity contribution in [1.29, 1.82) is 0 Å². The van der Waals surface area contributed by atoms with Gasteiger partial charge in [0, 0.05) is 18.5 Å². The molecule has 6 nitrogen and oxygen atoms in total. The van der Waals surface area contributed by atoms with Crippen molar-refractivity contribution in [2.24, 2.45) is 0 Å². The van der Waals surface area contributed by atoms with E-state index < -0.39 is 14.6 Å². The highest BCUT2D eigenvalue weighted by molar-refractivity contribution is 7.92. The van der Waals surface area contributed by atoms with Gasteiger partial charge in [0.05, 0.1) is 27.8 Å². The summed E-state index contributed by atoms with van der Waals surface area (Å²) in [5.74, 6) is -0.155.